The van der Waals surface area contributed by atoms with E-state index in [0.29, 0.717) is 17.1 Å². The molecule has 29 heavy (non-hydrogen) atoms. The Hall–Kier alpha value is -2.47. The Morgan fingerprint density at radius 1 is 1.03 bits per heavy atom. The van der Waals surface area contributed by atoms with E-state index in [1.165, 1.54) is 4.31 Å². The third-order valence-corrected chi connectivity index (χ3v) is 5.16. The standard InChI is InChI=1S/C23H23ClN2O2S/c24-20-12-11-19(21(15-20)22(27)18-9-5-2-6-10-18)16-26(29)23(28)25-14-13-17-7-3-1-4-8-17/h1-12,15,22,27,29H,13-14,16H2,(H,25,28). The number of carbonyl (C=O) groups excluding carboxylic acids is 1. The van der Waals surface area contributed by atoms with Crippen molar-refractivity contribution in [3.05, 3.63) is 106 Å². The quantitative estimate of drug-likeness (QED) is 0.464. The Morgan fingerprint density at radius 3 is 2.38 bits per heavy atom. The van der Waals surface area contributed by atoms with Gasteiger partial charge in [0.1, 0.15) is 6.10 Å². The Bertz CT molecular complexity index is 938. The molecule has 0 saturated heterocycles. The number of rotatable bonds is 7. The van der Waals surface area contributed by atoms with Crippen LogP contribution in [0, 0.1) is 0 Å². The van der Waals surface area contributed by atoms with Gasteiger partial charge in [-0.3, -0.25) is 4.31 Å². The average molecular weight is 427 g/mol. The van der Waals surface area contributed by atoms with E-state index in [2.05, 4.69) is 18.1 Å². The average Bonchev–Trinajstić information content (AvgIpc) is 2.75. The maximum absolute atomic E-state index is 12.4. The van der Waals surface area contributed by atoms with Crippen LogP contribution in [-0.2, 0) is 13.0 Å². The van der Waals surface area contributed by atoms with Crippen molar-refractivity contribution in [1.82, 2.24) is 9.62 Å². The molecule has 0 aliphatic carbocycles. The van der Waals surface area contributed by atoms with Gasteiger partial charge in [-0.25, -0.2) is 4.79 Å². The summed E-state index contributed by atoms with van der Waals surface area (Å²) in [5, 5.41) is 14.2. The van der Waals surface area contributed by atoms with Crippen molar-refractivity contribution in [2.24, 2.45) is 0 Å². The number of nitrogens with one attached hydrogen (secondary N) is 1. The van der Waals surface area contributed by atoms with E-state index < -0.39 is 6.10 Å². The number of nitrogens with zero attached hydrogens (tertiary/aromatic N) is 1. The number of aliphatic hydroxyl groups excluding tert-OH is 1. The lowest BCUT2D eigenvalue weighted by Gasteiger charge is -2.21. The second kappa shape index (κ2) is 10.3. The van der Waals surface area contributed by atoms with Crippen molar-refractivity contribution in [2.45, 2.75) is 19.1 Å². The molecule has 0 spiro atoms. The number of hydrogen-bond acceptors (Lipinski definition) is 3. The lowest BCUT2D eigenvalue weighted by atomic mass is 9.97. The maximum Gasteiger partial charge on any atom is 0.327 e. The maximum atomic E-state index is 12.4. The zero-order valence-corrected chi connectivity index (χ0v) is 17.5. The van der Waals surface area contributed by atoms with Gasteiger partial charge in [0.05, 0.1) is 6.54 Å². The van der Waals surface area contributed by atoms with E-state index in [1.54, 1.807) is 12.1 Å². The first-order chi connectivity index (χ1) is 14.0. The molecular formula is C23H23ClN2O2S. The van der Waals surface area contributed by atoms with Gasteiger partial charge >= 0.3 is 6.03 Å². The molecule has 0 saturated carbocycles. The van der Waals surface area contributed by atoms with Gasteiger partial charge in [-0.2, -0.15) is 0 Å². The Kier molecular flexibility index (Phi) is 7.58. The highest BCUT2D eigenvalue weighted by molar-refractivity contribution is 7.78. The van der Waals surface area contributed by atoms with Gasteiger partial charge in [-0.1, -0.05) is 91.1 Å². The van der Waals surface area contributed by atoms with E-state index in [0.717, 1.165) is 23.1 Å². The summed E-state index contributed by atoms with van der Waals surface area (Å²) in [5.41, 5.74) is 3.34. The van der Waals surface area contributed by atoms with Crippen molar-refractivity contribution >= 4 is 30.4 Å². The summed E-state index contributed by atoms with van der Waals surface area (Å²) in [6.45, 7) is 0.747. The molecule has 3 rings (SSSR count). The van der Waals surface area contributed by atoms with E-state index >= 15 is 0 Å². The zero-order chi connectivity index (χ0) is 20.6. The second-order valence-corrected chi connectivity index (χ2v) is 7.60. The molecule has 150 valence electrons. The molecule has 4 nitrogen and oxygen atoms in total. The van der Waals surface area contributed by atoms with Crippen LogP contribution in [0.2, 0.25) is 5.02 Å². The van der Waals surface area contributed by atoms with Crippen LogP contribution in [0.3, 0.4) is 0 Å². The molecule has 3 aromatic carbocycles. The number of benzene rings is 3. The number of urea groups is 1. The monoisotopic (exact) mass is 426 g/mol. The summed E-state index contributed by atoms with van der Waals surface area (Å²) in [4.78, 5) is 12.4. The van der Waals surface area contributed by atoms with Gasteiger partial charge in [0.25, 0.3) is 0 Å². The van der Waals surface area contributed by atoms with E-state index in [4.69, 9.17) is 11.6 Å². The molecular weight excluding hydrogens is 404 g/mol. The first kappa shape index (κ1) is 21.2. The minimum atomic E-state index is -0.840. The van der Waals surface area contributed by atoms with Crippen LogP contribution >= 0.6 is 24.4 Å². The van der Waals surface area contributed by atoms with Crippen molar-refractivity contribution < 1.29 is 9.90 Å². The van der Waals surface area contributed by atoms with Crippen LogP contribution in [-0.4, -0.2) is 22.0 Å². The molecule has 0 fully saturated rings. The molecule has 0 aliphatic rings. The predicted octanol–water partition coefficient (Wildman–Crippen LogP) is 5.02. The van der Waals surface area contributed by atoms with Gasteiger partial charge in [0.2, 0.25) is 0 Å². The highest BCUT2D eigenvalue weighted by Gasteiger charge is 2.18. The Balaban J connectivity index is 1.65. The fourth-order valence-electron chi connectivity index (χ4n) is 3.06. The molecule has 1 unspecified atom stereocenters. The van der Waals surface area contributed by atoms with Crippen molar-refractivity contribution in [3.8, 4) is 0 Å². The van der Waals surface area contributed by atoms with Crippen molar-refractivity contribution in [2.75, 3.05) is 6.54 Å². The normalized spacial score (nSPS) is 11.7. The van der Waals surface area contributed by atoms with Crippen LogP contribution in [0.1, 0.15) is 28.4 Å². The SMILES string of the molecule is O=C(NCCc1ccccc1)N(S)Cc1ccc(Cl)cc1C(O)c1ccccc1. The highest BCUT2D eigenvalue weighted by Crippen LogP contribution is 2.28. The van der Waals surface area contributed by atoms with Gasteiger partial charge < -0.3 is 10.4 Å². The first-order valence-electron chi connectivity index (χ1n) is 9.34. The van der Waals surface area contributed by atoms with Crippen LogP contribution < -0.4 is 5.32 Å². The third kappa shape index (κ3) is 6.00. The summed E-state index contributed by atoms with van der Waals surface area (Å²) < 4.78 is 1.30. The molecule has 0 bridgehead atoms. The molecule has 2 N–H and O–H groups in total. The number of carbonyl (C=O) groups is 1. The van der Waals surface area contributed by atoms with Gasteiger partial charge in [-0.15, -0.1) is 0 Å². The largest absolute Gasteiger partial charge is 0.384 e. The molecule has 2 amide bonds. The van der Waals surface area contributed by atoms with Crippen molar-refractivity contribution in [1.29, 1.82) is 0 Å². The van der Waals surface area contributed by atoms with Crippen LogP contribution in [0.25, 0.3) is 0 Å². The number of thiol groups is 1. The minimum Gasteiger partial charge on any atom is -0.384 e. The number of hydrogen-bond donors (Lipinski definition) is 3. The number of halogens is 1. The van der Waals surface area contributed by atoms with E-state index in [9.17, 15) is 9.90 Å². The van der Waals surface area contributed by atoms with Gasteiger partial charge in [-0.05, 0) is 40.8 Å². The van der Waals surface area contributed by atoms with Gasteiger partial charge in [0, 0.05) is 11.6 Å². The second-order valence-electron chi connectivity index (χ2n) is 6.68. The lowest BCUT2D eigenvalue weighted by molar-refractivity contribution is 0.215. The fourth-order valence-corrected chi connectivity index (χ4v) is 3.47. The Labute approximate surface area is 181 Å². The number of aliphatic hydroxyl groups is 1. The summed E-state index contributed by atoms with van der Waals surface area (Å²) >= 11 is 10.5. The third-order valence-electron chi connectivity index (χ3n) is 4.61. The fraction of sp³-hybridized carbons (Fsp3) is 0.174. The molecule has 0 aliphatic heterocycles. The molecule has 3 aromatic rings. The number of amides is 2. The summed E-state index contributed by atoms with van der Waals surface area (Å²) in [5.74, 6) is 0. The van der Waals surface area contributed by atoms with Crippen LogP contribution in [0.15, 0.2) is 78.9 Å². The molecule has 1 atom stereocenters. The predicted molar refractivity (Wildman–Crippen MR) is 120 cm³/mol. The van der Waals surface area contributed by atoms with E-state index in [-0.39, 0.29) is 12.6 Å². The lowest BCUT2D eigenvalue weighted by Crippen LogP contribution is -2.35. The van der Waals surface area contributed by atoms with Gasteiger partial charge in [0.15, 0.2) is 0 Å². The molecule has 0 heterocycles. The van der Waals surface area contributed by atoms with Crippen molar-refractivity contribution in [3.63, 3.8) is 0 Å². The Morgan fingerprint density at radius 2 is 1.69 bits per heavy atom. The molecule has 6 heteroatoms. The topological polar surface area (TPSA) is 52.6 Å². The van der Waals surface area contributed by atoms with E-state index in [1.807, 2.05) is 66.7 Å². The summed E-state index contributed by atoms with van der Waals surface area (Å²) in [6.07, 6.45) is -0.0969. The first-order valence-corrected chi connectivity index (χ1v) is 10.1. The minimum absolute atomic E-state index is 0.233. The van der Waals surface area contributed by atoms with Crippen LogP contribution in [0.5, 0.6) is 0 Å². The zero-order valence-electron chi connectivity index (χ0n) is 15.8. The smallest absolute Gasteiger partial charge is 0.327 e. The molecule has 0 radical (unpaired) electrons. The molecule has 0 aromatic heterocycles. The van der Waals surface area contributed by atoms with Crippen LogP contribution in [0.4, 0.5) is 4.79 Å². The summed E-state index contributed by atoms with van der Waals surface area (Å²) in [6, 6.07) is 24.3. The summed E-state index contributed by atoms with van der Waals surface area (Å²) in [7, 11) is 0. The highest BCUT2D eigenvalue weighted by atomic mass is 35.5.